The first-order valence-electron chi connectivity index (χ1n) is 7.42. The van der Waals surface area contributed by atoms with E-state index in [0.717, 1.165) is 29.8 Å². The zero-order valence-electron chi connectivity index (χ0n) is 12.2. The summed E-state index contributed by atoms with van der Waals surface area (Å²) >= 11 is 0. The quantitative estimate of drug-likeness (QED) is 0.918. The summed E-state index contributed by atoms with van der Waals surface area (Å²) in [4.78, 5) is 12.5. The van der Waals surface area contributed by atoms with Crippen molar-refractivity contribution in [2.45, 2.75) is 32.4 Å². The molecule has 4 nitrogen and oxygen atoms in total. The molecule has 0 atom stereocenters. The van der Waals surface area contributed by atoms with E-state index >= 15 is 0 Å². The number of aromatic nitrogens is 1. The summed E-state index contributed by atoms with van der Waals surface area (Å²) < 4.78 is 7.36. The highest BCUT2D eigenvalue weighted by atomic mass is 16.5. The van der Waals surface area contributed by atoms with Crippen LogP contribution in [-0.4, -0.2) is 11.2 Å². The van der Waals surface area contributed by atoms with Crippen LogP contribution in [0.2, 0.25) is 0 Å². The smallest absolute Gasteiger partial charge is 0.255 e. The van der Waals surface area contributed by atoms with Crippen LogP contribution in [0.5, 0.6) is 5.75 Å². The first kappa shape index (κ1) is 13.9. The van der Waals surface area contributed by atoms with E-state index in [1.807, 2.05) is 47.9 Å². The molecule has 1 aliphatic carbocycles. The lowest BCUT2D eigenvalue weighted by atomic mass is 10.1. The Hall–Kier alpha value is -2.07. The highest BCUT2D eigenvalue weighted by molar-refractivity contribution is 5.61. The molecule has 0 spiro atoms. The van der Waals surface area contributed by atoms with Gasteiger partial charge in [-0.25, -0.2) is 0 Å². The van der Waals surface area contributed by atoms with Gasteiger partial charge in [0.25, 0.3) is 5.56 Å². The minimum Gasteiger partial charge on any atom is -0.494 e. The second-order valence-corrected chi connectivity index (χ2v) is 5.31. The monoisotopic (exact) mass is 284 g/mol. The lowest BCUT2D eigenvalue weighted by molar-refractivity contribution is 0.340. The third-order valence-corrected chi connectivity index (χ3v) is 3.79. The molecule has 0 bridgehead atoms. The lowest BCUT2D eigenvalue weighted by Gasteiger charge is -2.14. The predicted octanol–water partition coefficient (Wildman–Crippen LogP) is 2.71. The number of rotatable bonds is 5. The Balaban J connectivity index is 2.05. The van der Waals surface area contributed by atoms with E-state index in [2.05, 4.69) is 0 Å². The van der Waals surface area contributed by atoms with E-state index in [4.69, 9.17) is 10.5 Å². The number of benzene rings is 1. The summed E-state index contributed by atoms with van der Waals surface area (Å²) in [6.07, 6.45) is 2.13. The molecule has 1 aliphatic rings. The van der Waals surface area contributed by atoms with Crippen LogP contribution < -0.4 is 16.0 Å². The molecule has 1 aromatic carbocycles. The van der Waals surface area contributed by atoms with Gasteiger partial charge in [-0.2, -0.15) is 0 Å². The molecule has 0 aliphatic heterocycles. The first-order chi connectivity index (χ1) is 10.2. The van der Waals surface area contributed by atoms with Crippen molar-refractivity contribution in [1.29, 1.82) is 0 Å². The van der Waals surface area contributed by atoms with E-state index in [0.29, 0.717) is 18.2 Å². The van der Waals surface area contributed by atoms with Crippen LogP contribution in [0.25, 0.3) is 11.3 Å². The van der Waals surface area contributed by atoms with Crippen molar-refractivity contribution in [2.24, 2.45) is 5.73 Å². The Morgan fingerprint density at radius 1 is 1.19 bits per heavy atom. The van der Waals surface area contributed by atoms with Gasteiger partial charge < -0.3 is 15.0 Å². The van der Waals surface area contributed by atoms with Crippen LogP contribution in [0.4, 0.5) is 0 Å². The topological polar surface area (TPSA) is 57.2 Å². The van der Waals surface area contributed by atoms with Gasteiger partial charge in [0.15, 0.2) is 0 Å². The van der Waals surface area contributed by atoms with Gasteiger partial charge >= 0.3 is 0 Å². The molecule has 21 heavy (non-hydrogen) atoms. The average molecular weight is 284 g/mol. The number of nitrogens with zero attached hydrogens (tertiary/aromatic N) is 1. The fourth-order valence-corrected chi connectivity index (χ4v) is 2.57. The number of hydrogen-bond acceptors (Lipinski definition) is 3. The van der Waals surface area contributed by atoms with Crippen LogP contribution in [0, 0.1) is 0 Å². The summed E-state index contributed by atoms with van der Waals surface area (Å²) in [6, 6.07) is 12.0. The summed E-state index contributed by atoms with van der Waals surface area (Å²) in [5.41, 5.74) is 8.37. The molecule has 1 heterocycles. The molecular formula is C17H20N2O2. The zero-order chi connectivity index (χ0) is 14.8. The number of hydrogen-bond donors (Lipinski definition) is 1. The molecule has 3 rings (SSSR count). The van der Waals surface area contributed by atoms with Crippen molar-refractivity contribution in [3.05, 3.63) is 52.3 Å². The molecule has 0 radical (unpaired) electrons. The standard InChI is InChI=1S/C17H20N2O2/c1-2-21-15-8-3-12(4-9-15)16-10-5-13(11-18)17(20)19(16)14-6-7-14/h3-5,8-10,14H,2,6-7,11,18H2,1H3. The molecule has 2 N–H and O–H groups in total. The van der Waals surface area contributed by atoms with Gasteiger partial charge in [0.05, 0.1) is 12.3 Å². The fraction of sp³-hybridized carbons (Fsp3) is 0.353. The maximum atomic E-state index is 12.5. The Morgan fingerprint density at radius 3 is 2.48 bits per heavy atom. The van der Waals surface area contributed by atoms with E-state index in [1.54, 1.807) is 0 Å². The summed E-state index contributed by atoms with van der Waals surface area (Å²) in [5, 5.41) is 0. The van der Waals surface area contributed by atoms with Gasteiger partial charge in [-0.15, -0.1) is 0 Å². The molecule has 1 fully saturated rings. The Morgan fingerprint density at radius 2 is 1.90 bits per heavy atom. The predicted molar refractivity (Wildman–Crippen MR) is 83.5 cm³/mol. The lowest BCUT2D eigenvalue weighted by Crippen LogP contribution is -2.25. The Labute approximate surface area is 124 Å². The zero-order valence-corrected chi connectivity index (χ0v) is 12.2. The van der Waals surface area contributed by atoms with Crippen LogP contribution >= 0.6 is 0 Å². The third-order valence-electron chi connectivity index (χ3n) is 3.79. The summed E-state index contributed by atoms with van der Waals surface area (Å²) in [7, 11) is 0. The van der Waals surface area contributed by atoms with Crippen LogP contribution in [0.15, 0.2) is 41.2 Å². The van der Waals surface area contributed by atoms with Gasteiger partial charge in [0, 0.05) is 18.2 Å². The summed E-state index contributed by atoms with van der Waals surface area (Å²) in [6.45, 7) is 2.90. The maximum Gasteiger partial charge on any atom is 0.255 e. The highest BCUT2D eigenvalue weighted by Crippen LogP contribution is 2.37. The number of pyridine rings is 1. The van der Waals surface area contributed by atoms with Gasteiger partial charge in [-0.1, -0.05) is 6.07 Å². The van der Waals surface area contributed by atoms with Crippen molar-refractivity contribution in [2.75, 3.05) is 6.61 Å². The van der Waals surface area contributed by atoms with E-state index in [9.17, 15) is 4.79 Å². The molecule has 1 aromatic heterocycles. The van der Waals surface area contributed by atoms with Gasteiger partial charge in [0.2, 0.25) is 0 Å². The molecule has 0 amide bonds. The van der Waals surface area contributed by atoms with Gasteiger partial charge in [0.1, 0.15) is 5.75 Å². The van der Waals surface area contributed by atoms with Gasteiger partial charge in [-0.3, -0.25) is 4.79 Å². The molecule has 1 saturated carbocycles. The number of ether oxygens (including phenoxy) is 1. The maximum absolute atomic E-state index is 12.5. The molecule has 0 saturated heterocycles. The molecule has 110 valence electrons. The third kappa shape index (κ3) is 2.72. The average Bonchev–Trinajstić information content (AvgIpc) is 3.33. The second kappa shape index (κ2) is 5.74. The molecule has 2 aromatic rings. The van der Waals surface area contributed by atoms with E-state index in [-0.39, 0.29) is 12.1 Å². The normalized spacial score (nSPS) is 14.2. The van der Waals surface area contributed by atoms with Crippen LogP contribution in [0.1, 0.15) is 31.4 Å². The molecular weight excluding hydrogens is 264 g/mol. The first-order valence-corrected chi connectivity index (χ1v) is 7.42. The number of nitrogens with two attached hydrogens (primary N) is 1. The Kier molecular flexibility index (Phi) is 3.80. The van der Waals surface area contributed by atoms with E-state index < -0.39 is 0 Å². The fourth-order valence-electron chi connectivity index (χ4n) is 2.57. The molecule has 0 unspecified atom stereocenters. The largest absolute Gasteiger partial charge is 0.494 e. The SMILES string of the molecule is CCOc1ccc(-c2ccc(CN)c(=O)n2C2CC2)cc1. The van der Waals surface area contributed by atoms with E-state index in [1.165, 1.54) is 0 Å². The minimum absolute atomic E-state index is 0.0476. The van der Waals surface area contributed by atoms with Crippen LogP contribution in [-0.2, 0) is 6.54 Å². The molecule has 4 heteroatoms. The van der Waals surface area contributed by atoms with Crippen molar-refractivity contribution in [3.8, 4) is 17.0 Å². The van der Waals surface area contributed by atoms with Crippen LogP contribution in [0.3, 0.4) is 0 Å². The van der Waals surface area contributed by atoms with Gasteiger partial charge in [-0.05, 0) is 55.7 Å². The van der Waals surface area contributed by atoms with Crippen molar-refractivity contribution in [1.82, 2.24) is 4.57 Å². The highest BCUT2D eigenvalue weighted by Gasteiger charge is 2.27. The van der Waals surface area contributed by atoms with Crippen molar-refractivity contribution < 1.29 is 4.74 Å². The minimum atomic E-state index is 0.0476. The second-order valence-electron chi connectivity index (χ2n) is 5.31. The Bertz CT molecular complexity index is 685. The van der Waals surface area contributed by atoms with Crippen molar-refractivity contribution >= 4 is 0 Å². The summed E-state index contributed by atoms with van der Waals surface area (Å²) in [5.74, 6) is 0.847. The van der Waals surface area contributed by atoms with Crippen molar-refractivity contribution in [3.63, 3.8) is 0 Å².